The predicted molar refractivity (Wildman–Crippen MR) is 85.6 cm³/mol. The number of aromatic nitrogens is 1. The Morgan fingerprint density at radius 1 is 1.05 bits per heavy atom. The highest BCUT2D eigenvalue weighted by Gasteiger charge is 2.12. The molecule has 0 bridgehead atoms. The van der Waals surface area contributed by atoms with Gasteiger partial charge in [0.2, 0.25) is 0 Å². The Labute approximate surface area is 122 Å². The number of rotatable bonds is 3. The maximum Gasteiger partial charge on any atom is 0.197 e. The highest BCUT2D eigenvalue weighted by atomic mass is 35.5. The number of para-hydroxylation sites is 2. The molecule has 3 heteroatoms. The van der Waals surface area contributed by atoms with Crippen molar-refractivity contribution < 1.29 is 0 Å². The number of hydrogen-bond donors (Lipinski definition) is 0. The Morgan fingerprint density at radius 2 is 1.80 bits per heavy atom. The summed E-state index contributed by atoms with van der Waals surface area (Å²) in [4.78, 5) is 12.6. The smallest absolute Gasteiger partial charge is 0.197 e. The van der Waals surface area contributed by atoms with E-state index in [-0.39, 0.29) is 5.43 Å². The summed E-state index contributed by atoms with van der Waals surface area (Å²) in [5, 5.41) is 2.10. The van der Waals surface area contributed by atoms with Crippen LogP contribution in [-0.2, 0) is 6.54 Å². The summed E-state index contributed by atoms with van der Waals surface area (Å²) in [6.45, 7) is 3.03. The molecule has 102 valence electrons. The van der Waals surface area contributed by atoms with Gasteiger partial charge in [-0.15, -0.1) is 0 Å². The maximum absolute atomic E-state index is 12.6. The van der Waals surface area contributed by atoms with E-state index in [1.165, 1.54) is 0 Å². The fourth-order valence-corrected chi connectivity index (χ4v) is 2.96. The highest BCUT2D eigenvalue weighted by molar-refractivity contribution is 6.35. The molecule has 0 fully saturated rings. The van der Waals surface area contributed by atoms with Crippen LogP contribution < -0.4 is 5.43 Å². The van der Waals surface area contributed by atoms with Crippen LogP contribution in [-0.4, -0.2) is 4.57 Å². The van der Waals surface area contributed by atoms with Crippen LogP contribution in [0, 0.1) is 0 Å². The molecular weight excluding hydrogens is 270 g/mol. The SMILES string of the molecule is CCCCn1c2ccccc2c(=O)c2cccc(Cl)c21. The van der Waals surface area contributed by atoms with E-state index in [2.05, 4.69) is 11.5 Å². The lowest BCUT2D eigenvalue weighted by atomic mass is 10.1. The number of pyridine rings is 1. The van der Waals surface area contributed by atoms with Crippen LogP contribution in [0.1, 0.15) is 19.8 Å². The summed E-state index contributed by atoms with van der Waals surface area (Å²) in [7, 11) is 0. The number of aryl methyl sites for hydroxylation is 1. The number of nitrogens with zero attached hydrogens (tertiary/aromatic N) is 1. The molecule has 0 unspecified atom stereocenters. The van der Waals surface area contributed by atoms with Crippen molar-refractivity contribution in [3.8, 4) is 0 Å². The third-order valence-electron chi connectivity index (χ3n) is 3.68. The van der Waals surface area contributed by atoms with E-state index in [0.717, 1.165) is 35.8 Å². The van der Waals surface area contributed by atoms with Gasteiger partial charge in [0.1, 0.15) is 0 Å². The average Bonchev–Trinajstić information content (AvgIpc) is 2.48. The minimum atomic E-state index is 0.0610. The second kappa shape index (κ2) is 5.29. The minimum absolute atomic E-state index is 0.0610. The number of fused-ring (bicyclic) bond motifs is 2. The molecule has 0 saturated carbocycles. The van der Waals surface area contributed by atoms with Crippen molar-refractivity contribution >= 4 is 33.4 Å². The summed E-state index contributed by atoms with van der Waals surface area (Å²) in [5.74, 6) is 0. The van der Waals surface area contributed by atoms with Gasteiger partial charge in [-0.1, -0.05) is 43.1 Å². The Balaban J connectivity index is 2.51. The molecule has 3 rings (SSSR count). The summed E-state index contributed by atoms with van der Waals surface area (Å²) in [5.41, 5.74) is 1.88. The van der Waals surface area contributed by atoms with Crippen LogP contribution in [0.15, 0.2) is 47.3 Å². The molecule has 1 aromatic heterocycles. The monoisotopic (exact) mass is 285 g/mol. The topological polar surface area (TPSA) is 22.0 Å². The van der Waals surface area contributed by atoms with Gasteiger partial charge in [-0.25, -0.2) is 0 Å². The lowest BCUT2D eigenvalue weighted by Crippen LogP contribution is -2.12. The van der Waals surface area contributed by atoms with E-state index in [1.807, 2.05) is 42.5 Å². The Bertz CT molecular complexity index is 835. The number of unbranched alkanes of at least 4 members (excludes halogenated alkanes) is 1. The first kappa shape index (κ1) is 13.2. The average molecular weight is 286 g/mol. The summed E-state index contributed by atoms with van der Waals surface area (Å²) in [6, 6.07) is 13.3. The van der Waals surface area contributed by atoms with Crippen LogP contribution in [0.25, 0.3) is 21.8 Å². The van der Waals surface area contributed by atoms with E-state index in [4.69, 9.17) is 11.6 Å². The predicted octanol–water partition coefficient (Wildman–Crippen LogP) is 4.61. The number of halogens is 1. The first-order valence-corrected chi connectivity index (χ1v) is 7.31. The number of hydrogen-bond acceptors (Lipinski definition) is 1. The largest absolute Gasteiger partial charge is 0.339 e. The van der Waals surface area contributed by atoms with Gasteiger partial charge < -0.3 is 4.57 Å². The van der Waals surface area contributed by atoms with E-state index in [1.54, 1.807) is 0 Å². The van der Waals surface area contributed by atoms with E-state index >= 15 is 0 Å². The van der Waals surface area contributed by atoms with Gasteiger partial charge >= 0.3 is 0 Å². The third kappa shape index (κ3) is 2.01. The molecule has 20 heavy (non-hydrogen) atoms. The molecule has 3 aromatic rings. The van der Waals surface area contributed by atoms with Crippen molar-refractivity contribution in [2.75, 3.05) is 0 Å². The van der Waals surface area contributed by atoms with E-state index in [0.29, 0.717) is 10.4 Å². The van der Waals surface area contributed by atoms with Crippen LogP contribution in [0.4, 0.5) is 0 Å². The fraction of sp³-hybridized carbons (Fsp3) is 0.235. The van der Waals surface area contributed by atoms with Gasteiger partial charge in [-0.2, -0.15) is 0 Å². The zero-order valence-corrected chi connectivity index (χ0v) is 12.2. The molecule has 0 spiro atoms. The molecule has 0 saturated heterocycles. The first-order valence-electron chi connectivity index (χ1n) is 6.94. The van der Waals surface area contributed by atoms with Crippen molar-refractivity contribution in [3.05, 3.63) is 57.7 Å². The summed E-state index contributed by atoms with van der Waals surface area (Å²) < 4.78 is 2.18. The minimum Gasteiger partial charge on any atom is -0.339 e. The molecule has 0 atom stereocenters. The second-order valence-electron chi connectivity index (χ2n) is 4.99. The third-order valence-corrected chi connectivity index (χ3v) is 3.98. The summed E-state index contributed by atoms with van der Waals surface area (Å²) >= 11 is 6.35. The second-order valence-corrected chi connectivity index (χ2v) is 5.39. The van der Waals surface area contributed by atoms with Gasteiger partial charge in [0, 0.05) is 17.3 Å². The van der Waals surface area contributed by atoms with Gasteiger partial charge in [-0.3, -0.25) is 4.79 Å². The lowest BCUT2D eigenvalue weighted by molar-refractivity contribution is 0.662. The first-order chi connectivity index (χ1) is 9.74. The van der Waals surface area contributed by atoms with Crippen molar-refractivity contribution in [1.82, 2.24) is 4.57 Å². The Morgan fingerprint density at radius 3 is 2.60 bits per heavy atom. The fourth-order valence-electron chi connectivity index (χ4n) is 2.69. The van der Waals surface area contributed by atoms with Gasteiger partial charge in [-0.05, 0) is 30.7 Å². The molecule has 2 aromatic carbocycles. The summed E-state index contributed by atoms with van der Waals surface area (Å²) in [6.07, 6.45) is 2.17. The van der Waals surface area contributed by atoms with Crippen LogP contribution >= 0.6 is 11.6 Å². The molecule has 2 nitrogen and oxygen atoms in total. The van der Waals surface area contributed by atoms with Crippen LogP contribution in [0.3, 0.4) is 0 Å². The highest BCUT2D eigenvalue weighted by Crippen LogP contribution is 2.26. The maximum atomic E-state index is 12.6. The van der Waals surface area contributed by atoms with Gasteiger partial charge in [0.15, 0.2) is 5.43 Å². The lowest BCUT2D eigenvalue weighted by Gasteiger charge is -2.15. The molecular formula is C17H16ClNO. The van der Waals surface area contributed by atoms with Crippen molar-refractivity contribution in [2.45, 2.75) is 26.3 Å². The standard InChI is InChI=1S/C17H16ClNO/c1-2-3-11-19-15-10-5-4-7-12(15)17(20)13-8-6-9-14(18)16(13)19/h4-10H,2-3,11H2,1H3. The van der Waals surface area contributed by atoms with Gasteiger partial charge in [0.25, 0.3) is 0 Å². The molecule has 0 N–H and O–H groups in total. The zero-order chi connectivity index (χ0) is 14.1. The molecule has 0 radical (unpaired) electrons. The molecule has 1 heterocycles. The quantitative estimate of drug-likeness (QED) is 0.644. The number of benzene rings is 2. The van der Waals surface area contributed by atoms with Crippen LogP contribution in [0.5, 0.6) is 0 Å². The Kier molecular flexibility index (Phi) is 3.49. The zero-order valence-electron chi connectivity index (χ0n) is 11.4. The van der Waals surface area contributed by atoms with Crippen LogP contribution in [0.2, 0.25) is 5.02 Å². The van der Waals surface area contributed by atoms with Crippen molar-refractivity contribution in [2.24, 2.45) is 0 Å². The van der Waals surface area contributed by atoms with Crippen molar-refractivity contribution in [1.29, 1.82) is 0 Å². The van der Waals surface area contributed by atoms with Gasteiger partial charge in [0.05, 0.1) is 16.1 Å². The molecule has 0 aliphatic heterocycles. The molecule has 0 aliphatic carbocycles. The normalized spacial score (nSPS) is 11.3. The molecule has 0 amide bonds. The molecule has 0 aliphatic rings. The van der Waals surface area contributed by atoms with E-state index < -0.39 is 0 Å². The van der Waals surface area contributed by atoms with E-state index in [9.17, 15) is 4.79 Å². The van der Waals surface area contributed by atoms with Crippen molar-refractivity contribution in [3.63, 3.8) is 0 Å². The Hall–Kier alpha value is -1.80.